The normalized spacial score (nSPS) is 14.9. The average Bonchev–Trinajstić information content (AvgIpc) is 3.23. The van der Waals surface area contributed by atoms with Crippen molar-refractivity contribution in [1.29, 1.82) is 5.26 Å². The van der Waals surface area contributed by atoms with Gasteiger partial charge in [0.05, 0.1) is 16.6 Å². The van der Waals surface area contributed by atoms with E-state index < -0.39 is 0 Å². The number of hydrogen-bond acceptors (Lipinski definition) is 3. The number of hydrogen-bond donors (Lipinski definition) is 0. The number of ketones is 1. The van der Waals surface area contributed by atoms with Crippen LogP contribution in [0.5, 0.6) is 0 Å². The number of rotatable bonds is 25. The van der Waals surface area contributed by atoms with Crippen LogP contribution in [0.4, 0.5) is 5.69 Å². The zero-order chi connectivity index (χ0) is 41.1. The molecule has 2 aromatic carbocycles. The van der Waals surface area contributed by atoms with E-state index in [0.717, 1.165) is 59.2 Å². The third kappa shape index (κ3) is 12.4. The van der Waals surface area contributed by atoms with Crippen molar-refractivity contribution < 1.29 is 9.36 Å². The van der Waals surface area contributed by atoms with Gasteiger partial charge in [0.25, 0.3) is 0 Å². The number of carbonyl (C=O) groups excluding carboxylic acids is 1. The van der Waals surface area contributed by atoms with Crippen LogP contribution >= 0.6 is 23.2 Å². The third-order valence-electron chi connectivity index (χ3n) is 11.6. The van der Waals surface area contributed by atoms with Gasteiger partial charge in [0, 0.05) is 63.6 Å². The molecule has 0 saturated heterocycles. The number of pyridine rings is 1. The second kappa shape index (κ2) is 24.0. The molecule has 0 spiro atoms. The molecule has 0 N–H and O–H groups in total. The van der Waals surface area contributed by atoms with Crippen LogP contribution in [0.3, 0.4) is 0 Å². The summed E-state index contributed by atoms with van der Waals surface area (Å²) in [6.07, 6.45) is 35.4. The molecule has 0 atom stereocenters. The van der Waals surface area contributed by atoms with Gasteiger partial charge in [-0.3, -0.25) is 4.79 Å². The van der Waals surface area contributed by atoms with E-state index in [2.05, 4.69) is 47.7 Å². The number of anilines is 1. The quantitative estimate of drug-likeness (QED) is 0.0281. The minimum absolute atomic E-state index is 0.0734. The monoisotopic (exact) mass is 816 g/mol. The van der Waals surface area contributed by atoms with Gasteiger partial charge in [-0.2, -0.15) is 9.83 Å². The number of nitrogens with zero attached hydrogens (tertiary/aromatic N) is 4. The molecular weight excluding hydrogens is 755 g/mol. The Morgan fingerprint density at radius 1 is 0.759 bits per heavy atom. The lowest BCUT2D eigenvalue weighted by molar-refractivity contribution is -0.671. The number of unbranched alkanes of at least 4 members (excludes halogenated alkanes) is 18. The number of aryl methyl sites for hydroxylation is 1. The Morgan fingerprint density at radius 3 is 1.97 bits per heavy atom. The van der Waals surface area contributed by atoms with Crippen molar-refractivity contribution in [2.75, 3.05) is 11.4 Å². The maximum absolute atomic E-state index is 14.0. The highest BCUT2D eigenvalue weighted by atomic mass is 35.5. The van der Waals surface area contributed by atoms with E-state index >= 15 is 0 Å². The molecule has 0 amide bonds. The summed E-state index contributed by atoms with van der Waals surface area (Å²) < 4.78 is 2.24. The van der Waals surface area contributed by atoms with E-state index in [9.17, 15) is 15.5 Å². The molecule has 1 aliphatic heterocycles. The Hall–Kier alpha value is -4.20. The molecule has 3 aromatic rings. The summed E-state index contributed by atoms with van der Waals surface area (Å²) in [5.74, 6) is 1.87. The van der Waals surface area contributed by atoms with Gasteiger partial charge in [-0.15, -0.1) is 0 Å². The molecule has 5 rings (SSSR count). The zero-order valence-electron chi connectivity index (χ0n) is 34.9. The molecule has 1 aromatic heterocycles. The first-order valence-corrected chi connectivity index (χ1v) is 22.9. The van der Waals surface area contributed by atoms with Crippen molar-refractivity contribution in [3.05, 3.63) is 116 Å². The Labute approximate surface area is 358 Å². The number of halogens is 2. The summed E-state index contributed by atoms with van der Waals surface area (Å²) in [7, 11) is 0. The fourth-order valence-corrected chi connectivity index (χ4v) is 8.61. The molecule has 0 unspecified atom stereocenters. The molecule has 2 aliphatic rings. The van der Waals surface area contributed by atoms with Gasteiger partial charge >= 0.3 is 0 Å². The number of nitriles is 1. The fraction of sp³-hybridized carbons (Fsp3) is 0.471. The van der Waals surface area contributed by atoms with Gasteiger partial charge in [0.1, 0.15) is 12.6 Å². The van der Waals surface area contributed by atoms with Crippen LogP contribution in [-0.4, -0.2) is 18.2 Å². The maximum Gasteiger partial charge on any atom is 0.214 e. The van der Waals surface area contributed by atoms with Gasteiger partial charge in [-0.1, -0.05) is 152 Å². The first kappa shape index (κ1) is 44.9. The molecule has 58 heavy (non-hydrogen) atoms. The Kier molecular flexibility index (Phi) is 18.6. The predicted molar refractivity (Wildman–Crippen MR) is 246 cm³/mol. The molecule has 2 heterocycles. The Balaban J connectivity index is 1.31. The van der Waals surface area contributed by atoms with Crippen molar-refractivity contribution in [3.8, 4) is 6.07 Å². The molecule has 0 fully saturated rings. The van der Waals surface area contributed by atoms with Crippen molar-refractivity contribution in [3.63, 3.8) is 0 Å². The minimum atomic E-state index is -0.189. The van der Waals surface area contributed by atoms with Gasteiger partial charge < -0.3 is 10.3 Å². The van der Waals surface area contributed by atoms with Crippen molar-refractivity contribution in [2.45, 2.75) is 149 Å². The predicted octanol–water partition coefficient (Wildman–Crippen LogP) is 14.6. The number of benzene rings is 2. The summed E-state index contributed by atoms with van der Waals surface area (Å²) in [5, 5.41) is 22.4. The fourth-order valence-electron chi connectivity index (χ4n) is 8.28. The topological polar surface area (TPSA) is 70.3 Å². The molecule has 5 nitrogen and oxygen atoms in total. The molecule has 0 bridgehead atoms. The van der Waals surface area contributed by atoms with Crippen LogP contribution in [-0.2, 0) is 11.3 Å². The summed E-state index contributed by atoms with van der Waals surface area (Å²) in [5.41, 5.74) is 5.69. The van der Waals surface area contributed by atoms with Crippen molar-refractivity contribution in [1.82, 2.24) is 0 Å². The summed E-state index contributed by atoms with van der Waals surface area (Å²) >= 11 is 13.0. The highest BCUT2D eigenvalue weighted by Gasteiger charge is 2.35. The molecular formula is C51H62Cl2N4O. The number of carbonyl (C=O) groups is 1. The average molecular weight is 818 g/mol. The largest absolute Gasteiger partial charge is 0.762 e. The Morgan fingerprint density at radius 2 is 1.34 bits per heavy atom. The zero-order valence-corrected chi connectivity index (χ0v) is 36.4. The van der Waals surface area contributed by atoms with E-state index in [1.165, 1.54) is 116 Å². The number of allylic oxidation sites excluding steroid dienone is 7. The van der Waals surface area contributed by atoms with Gasteiger partial charge in [-0.25, -0.2) is 5.87 Å². The van der Waals surface area contributed by atoms with Crippen LogP contribution in [0, 0.1) is 11.3 Å². The van der Waals surface area contributed by atoms with Crippen LogP contribution in [0.1, 0.15) is 153 Å². The van der Waals surface area contributed by atoms with Crippen molar-refractivity contribution >= 4 is 63.1 Å². The highest BCUT2D eigenvalue weighted by molar-refractivity contribution is 6.31. The van der Waals surface area contributed by atoms with E-state index in [4.69, 9.17) is 23.2 Å². The van der Waals surface area contributed by atoms with Gasteiger partial charge in [0.2, 0.25) is 5.52 Å². The molecule has 0 radical (unpaired) electrons. The minimum Gasteiger partial charge on any atom is -0.762 e. The SMILES string of the molecule is CCCCCCCCCCCCN1C=C/C(=C\C2=C(C(=C=[N-])C#N)C(=C/c3cc[n+](CCCCCCCCCCCC)c4cc(Cl)ccc34)/C2=O)c2ccc(Cl)cc21. The van der Waals surface area contributed by atoms with Crippen LogP contribution in [0.15, 0.2) is 89.3 Å². The van der Waals surface area contributed by atoms with Crippen LogP contribution in [0.25, 0.3) is 28.0 Å². The summed E-state index contributed by atoms with van der Waals surface area (Å²) in [4.78, 5) is 16.3. The lowest BCUT2D eigenvalue weighted by Gasteiger charge is -2.29. The van der Waals surface area contributed by atoms with E-state index in [0.29, 0.717) is 26.8 Å². The third-order valence-corrected chi connectivity index (χ3v) is 12.1. The first-order valence-electron chi connectivity index (χ1n) is 22.2. The van der Waals surface area contributed by atoms with Crippen LogP contribution in [0.2, 0.25) is 10.0 Å². The van der Waals surface area contributed by atoms with Gasteiger partial charge in [-0.05, 0) is 66.5 Å². The van der Waals surface area contributed by atoms with E-state index in [1.54, 1.807) is 0 Å². The van der Waals surface area contributed by atoms with E-state index in [-0.39, 0.29) is 11.4 Å². The summed E-state index contributed by atoms with van der Waals surface area (Å²) in [6.45, 7) is 6.28. The standard InChI is InChI=1S/C51H62Cl2N4O/c1-3-5-7-9-11-13-15-17-19-21-29-56-31-27-39(44-25-23-42(52)35-48(44)56)33-46-50(41(37-54)38-55)47(51(46)58)34-40-28-32-57(49-36-43(53)24-26-45(40)49)30-22-20-18-16-14-12-10-8-6-4-2/h23-28,31-36H,3-22,29-30H2,1-2H3. The lowest BCUT2D eigenvalue weighted by Crippen LogP contribution is -2.34. The second-order valence-electron chi connectivity index (χ2n) is 16.0. The van der Waals surface area contributed by atoms with Crippen LogP contribution < -0.4 is 9.47 Å². The summed E-state index contributed by atoms with van der Waals surface area (Å²) in [6, 6.07) is 15.8. The lowest BCUT2D eigenvalue weighted by atomic mass is 9.75. The van der Waals surface area contributed by atoms with E-state index in [1.807, 2.05) is 60.7 Å². The second-order valence-corrected chi connectivity index (χ2v) is 16.9. The number of fused-ring (bicyclic) bond motifs is 2. The molecule has 0 saturated carbocycles. The highest BCUT2D eigenvalue weighted by Crippen LogP contribution is 2.42. The van der Waals surface area contributed by atoms with Gasteiger partial charge in [0.15, 0.2) is 12.0 Å². The number of Topliss-reactive ketones (excluding diaryl/α,β-unsaturated/α-hetero) is 1. The van der Waals surface area contributed by atoms with Crippen molar-refractivity contribution in [2.24, 2.45) is 0 Å². The molecule has 7 heteroatoms. The molecule has 1 aliphatic carbocycles. The smallest absolute Gasteiger partial charge is 0.214 e. The number of aromatic nitrogens is 1. The first-order chi connectivity index (χ1) is 28.4. The molecule has 306 valence electrons. The maximum atomic E-state index is 14.0. The Bertz CT molecular complexity index is 2090.